The van der Waals surface area contributed by atoms with Gasteiger partial charge >= 0.3 is 0 Å². The molecule has 0 unspecified atom stereocenters. The second-order valence-electron chi connectivity index (χ2n) is 2.97. The van der Waals surface area contributed by atoms with Crippen LogP contribution in [0.5, 0.6) is 5.88 Å². The Morgan fingerprint density at radius 1 is 1.29 bits per heavy atom. The molecule has 2 aromatic rings. The number of anilines is 1. The molecule has 2 rings (SSSR count). The summed E-state index contributed by atoms with van der Waals surface area (Å²) < 4.78 is 5.22. The first-order valence-electron chi connectivity index (χ1n) is 4.46. The Hall–Kier alpha value is -1.77. The van der Waals surface area contributed by atoms with E-state index in [1.54, 1.807) is 13.3 Å². The molecule has 0 fully saturated rings. The summed E-state index contributed by atoms with van der Waals surface area (Å²) in [6.45, 7) is 0. The summed E-state index contributed by atoms with van der Waals surface area (Å²) in [4.78, 5) is 4.17. The predicted molar refractivity (Wildman–Crippen MR) is 57.8 cm³/mol. The van der Waals surface area contributed by atoms with Crippen molar-refractivity contribution in [1.82, 2.24) is 4.98 Å². The maximum Gasteiger partial charge on any atom is 0.223 e. The van der Waals surface area contributed by atoms with Crippen molar-refractivity contribution in [2.24, 2.45) is 0 Å². The van der Waals surface area contributed by atoms with Crippen LogP contribution in [0.2, 0.25) is 0 Å². The van der Waals surface area contributed by atoms with Gasteiger partial charge in [0.2, 0.25) is 5.88 Å². The monoisotopic (exact) mass is 188 g/mol. The van der Waals surface area contributed by atoms with E-state index < -0.39 is 0 Å². The van der Waals surface area contributed by atoms with Crippen LogP contribution in [0.15, 0.2) is 30.5 Å². The Bertz CT molecular complexity index is 415. The van der Waals surface area contributed by atoms with Crippen LogP contribution in [0.4, 0.5) is 5.69 Å². The Kier molecular flexibility index (Phi) is 2.23. The van der Waals surface area contributed by atoms with Crippen molar-refractivity contribution in [3.8, 4) is 5.88 Å². The lowest BCUT2D eigenvalue weighted by molar-refractivity contribution is 0.403. The van der Waals surface area contributed by atoms with Gasteiger partial charge in [-0.15, -0.1) is 0 Å². The van der Waals surface area contributed by atoms with Crippen LogP contribution in [0.25, 0.3) is 10.8 Å². The van der Waals surface area contributed by atoms with Gasteiger partial charge in [0, 0.05) is 18.9 Å². The maximum absolute atomic E-state index is 5.22. The standard InChI is InChI=1S/C11H12N2O/c1-12-9-5-3-4-8-6-7-13-11(14-2)10(8)9/h3-7,12H,1-2H3. The molecule has 1 aromatic heterocycles. The lowest BCUT2D eigenvalue weighted by Crippen LogP contribution is -1.94. The number of fused-ring (bicyclic) bond motifs is 1. The van der Waals surface area contributed by atoms with E-state index in [-0.39, 0.29) is 0 Å². The third-order valence-corrected chi connectivity index (χ3v) is 2.22. The molecular formula is C11H12N2O. The fourth-order valence-electron chi connectivity index (χ4n) is 1.56. The van der Waals surface area contributed by atoms with Crippen LogP contribution in [0.1, 0.15) is 0 Å². The molecular weight excluding hydrogens is 176 g/mol. The molecule has 0 saturated heterocycles. The third kappa shape index (κ3) is 1.27. The number of rotatable bonds is 2. The summed E-state index contributed by atoms with van der Waals surface area (Å²) in [5, 5.41) is 5.28. The molecule has 1 heterocycles. The summed E-state index contributed by atoms with van der Waals surface area (Å²) in [5.41, 5.74) is 1.03. The number of ether oxygens (including phenoxy) is 1. The average molecular weight is 188 g/mol. The second kappa shape index (κ2) is 3.54. The first-order chi connectivity index (χ1) is 6.86. The van der Waals surface area contributed by atoms with Crippen molar-refractivity contribution in [2.75, 3.05) is 19.5 Å². The molecule has 1 N–H and O–H groups in total. The van der Waals surface area contributed by atoms with Gasteiger partial charge in [0.15, 0.2) is 0 Å². The fourth-order valence-corrected chi connectivity index (χ4v) is 1.56. The molecule has 0 spiro atoms. The molecule has 0 aliphatic heterocycles. The lowest BCUT2D eigenvalue weighted by atomic mass is 10.1. The van der Waals surface area contributed by atoms with Gasteiger partial charge in [0.1, 0.15) is 0 Å². The minimum absolute atomic E-state index is 0.660. The van der Waals surface area contributed by atoms with Gasteiger partial charge in [-0.1, -0.05) is 12.1 Å². The number of nitrogens with zero attached hydrogens (tertiary/aromatic N) is 1. The van der Waals surface area contributed by atoms with Crippen LogP contribution in [0.3, 0.4) is 0 Å². The van der Waals surface area contributed by atoms with Crippen molar-refractivity contribution in [1.29, 1.82) is 0 Å². The molecule has 0 atom stereocenters. The molecule has 0 aliphatic rings. The molecule has 0 aliphatic carbocycles. The van der Waals surface area contributed by atoms with Crippen LogP contribution in [-0.4, -0.2) is 19.1 Å². The highest BCUT2D eigenvalue weighted by atomic mass is 16.5. The number of methoxy groups -OCH3 is 1. The summed E-state index contributed by atoms with van der Waals surface area (Å²) in [5.74, 6) is 0.660. The minimum atomic E-state index is 0.660. The summed E-state index contributed by atoms with van der Waals surface area (Å²) in [7, 11) is 3.52. The normalized spacial score (nSPS) is 10.1. The third-order valence-electron chi connectivity index (χ3n) is 2.22. The van der Waals surface area contributed by atoms with E-state index in [2.05, 4.69) is 10.3 Å². The quantitative estimate of drug-likeness (QED) is 0.785. The Labute approximate surface area is 82.7 Å². The van der Waals surface area contributed by atoms with Crippen molar-refractivity contribution in [2.45, 2.75) is 0 Å². The topological polar surface area (TPSA) is 34.2 Å². The fraction of sp³-hybridized carbons (Fsp3) is 0.182. The Morgan fingerprint density at radius 3 is 2.86 bits per heavy atom. The van der Waals surface area contributed by atoms with E-state index >= 15 is 0 Å². The minimum Gasteiger partial charge on any atom is -0.480 e. The highest BCUT2D eigenvalue weighted by molar-refractivity contribution is 5.97. The van der Waals surface area contributed by atoms with E-state index in [9.17, 15) is 0 Å². The van der Waals surface area contributed by atoms with Gasteiger partial charge < -0.3 is 10.1 Å². The van der Waals surface area contributed by atoms with Gasteiger partial charge in [-0.25, -0.2) is 4.98 Å². The van der Waals surface area contributed by atoms with Crippen LogP contribution in [-0.2, 0) is 0 Å². The van der Waals surface area contributed by atoms with Gasteiger partial charge in [0.05, 0.1) is 12.5 Å². The van der Waals surface area contributed by atoms with E-state index in [4.69, 9.17) is 4.74 Å². The van der Waals surface area contributed by atoms with Crippen molar-refractivity contribution in [3.63, 3.8) is 0 Å². The van der Waals surface area contributed by atoms with E-state index in [1.807, 2.05) is 31.3 Å². The van der Waals surface area contributed by atoms with Gasteiger partial charge in [-0.05, 0) is 17.5 Å². The lowest BCUT2D eigenvalue weighted by Gasteiger charge is -2.08. The van der Waals surface area contributed by atoms with Gasteiger partial charge in [-0.2, -0.15) is 0 Å². The van der Waals surface area contributed by atoms with Crippen LogP contribution < -0.4 is 10.1 Å². The number of pyridine rings is 1. The molecule has 0 amide bonds. The highest BCUT2D eigenvalue weighted by Crippen LogP contribution is 2.29. The van der Waals surface area contributed by atoms with Crippen molar-refractivity contribution >= 4 is 16.5 Å². The molecule has 0 saturated carbocycles. The number of aromatic nitrogens is 1. The zero-order valence-corrected chi connectivity index (χ0v) is 8.24. The van der Waals surface area contributed by atoms with Crippen molar-refractivity contribution < 1.29 is 4.74 Å². The smallest absolute Gasteiger partial charge is 0.223 e. The molecule has 3 nitrogen and oxygen atoms in total. The van der Waals surface area contributed by atoms with Crippen LogP contribution in [0, 0.1) is 0 Å². The summed E-state index contributed by atoms with van der Waals surface area (Å²) in [6, 6.07) is 8.03. The molecule has 14 heavy (non-hydrogen) atoms. The molecule has 72 valence electrons. The summed E-state index contributed by atoms with van der Waals surface area (Å²) in [6.07, 6.45) is 1.75. The summed E-state index contributed by atoms with van der Waals surface area (Å²) >= 11 is 0. The highest BCUT2D eigenvalue weighted by Gasteiger charge is 2.05. The molecule has 3 heteroatoms. The zero-order chi connectivity index (χ0) is 9.97. The molecule has 0 bridgehead atoms. The second-order valence-corrected chi connectivity index (χ2v) is 2.97. The van der Waals surface area contributed by atoms with E-state index in [0.29, 0.717) is 5.88 Å². The largest absolute Gasteiger partial charge is 0.480 e. The number of hydrogen-bond acceptors (Lipinski definition) is 3. The number of benzene rings is 1. The Morgan fingerprint density at radius 2 is 2.14 bits per heavy atom. The zero-order valence-electron chi connectivity index (χ0n) is 8.24. The predicted octanol–water partition coefficient (Wildman–Crippen LogP) is 2.29. The average Bonchev–Trinajstić information content (AvgIpc) is 2.27. The van der Waals surface area contributed by atoms with Gasteiger partial charge in [0.25, 0.3) is 0 Å². The van der Waals surface area contributed by atoms with E-state index in [0.717, 1.165) is 16.5 Å². The number of hydrogen-bond donors (Lipinski definition) is 1. The van der Waals surface area contributed by atoms with Crippen LogP contribution >= 0.6 is 0 Å². The first-order valence-corrected chi connectivity index (χ1v) is 4.46. The maximum atomic E-state index is 5.22. The molecule has 1 aromatic carbocycles. The Balaban J connectivity index is 2.81. The van der Waals surface area contributed by atoms with Crippen molar-refractivity contribution in [3.05, 3.63) is 30.5 Å². The first kappa shape index (κ1) is 8.81. The SMILES string of the molecule is CNc1cccc2ccnc(OC)c12. The van der Waals surface area contributed by atoms with Gasteiger partial charge in [-0.3, -0.25) is 0 Å². The molecule has 0 radical (unpaired) electrons. The number of nitrogens with one attached hydrogen (secondary N) is 1. The van der Waals surface area contributed by atoms with E-state index in [1.165, 1.54) is 0 Å².